The molecular formula is C20H20N4O3. The van der Waals surface area contributed by atoms with Crippen LogP contribution < -0.4 is 10.2 Å². The van der Waals surface area contributed by atoms with E-state index in [2.05, 4.69) is 15.5 Å². The van der Waals surface area contributed by atoms with Crippen LogP contribution in [0.3, 0.4) is 0 Å². The molecule has 27 heavy (non-hydrogen) atoms. The number of anilines is 2. The first kappa shape index (κ1) is 18.3. The zero-order chi connectivity index (χ0) is 19.4. The normalized spacial score (nSPS) is 10.5. The molecule has 0 atom stereocenters. The van der Waals surface area contributed by atoms with Crippen LogP contribution in [0.1, 0.15) is 39.0 Å². The molecule has 1 N–H and O–H groups in total. The second-order valence-corrected chi connectivity index (χ2v) is 6.13. The van der Waals surface area contributed by atoms with Crippen molar-refractivity contribution in [3.63, 3.8) is 0 Å². The van der Waals surface area contributed by atoms with Crippen LogP contribution in [0.15, 0.2) is 53.3 Å². The van der Waals surface area contributed by atoms with Crippen LogP contribution in [0, 0.1) is 13.8 Å². The van der Waals surface area contributed by atoms with Gasteiger partial charge in [0.05, 0.1) is 11.1 Å². The molecule has 0 unspecified atom stereocenters. The average molecular weight is 364 g/mol. The lowest BCUT2D eigenvalue weighted by Gasteiger charge is -2.21. The Morgan fingerprint density at radius 2 is 1.89 bits per heavy atom. The Morgan fingerprint density at radius 1 is 1.11 bits per heavy atom. The van der Waals surface area contributed by atoms with E-state index >= 15 is 0 Å². The molecule has 138 valence electrons. The third-order valence-corrected chi connectivity index (χ3v) is 3.99. The monoisotopic (exact) mass is 364 g/mol. The van der Waals surface area contributed by atoms with Gasteiger partial charge in [-0.05, 0) is 44.5 Å². The summed E-state index contributed by atoms with van der Waals surface area (Å²) in [5.41, 5.74) is 2.47. The van der Waals surface area contributed by atoms with Gasteiger partial charge in [-0.15, -0.1) is 0 Å². The summed E-state index contributed by atoms with van der Waals surface area (Å²) in [6.45, 7) is 6.10. The van der Waals surface area contributed by atoms with Gasteiger partial charge in [-0.25, -0.2) is 0 Å². The lowest BCUT2D eigenvalue weighted by molar-refractivity contribution is 0.0988. The lowest BCUT2D eigenvalue weighted by Crippen LogP contribution is -2.31. The van der Waals surface area contributed by atoms with Crippen molar-refractivity contribution in [3.8, 4) is 0 Å². The number of benzene rings is 1. The molecule has 0 aliphatic carbocycles. The molecular weight excluding hydrogens is 344 g/mol. The minimum Gasteiger partial charge on any atom is -0.360 e. The Kier molecular flexibility index (Phi) is 5.30. The Labute approximate surface area is 157 Å². The molecule has 2 heterocycles. The SMILES string of the molecule is CCN(C(=O)c1cncc(C(=O)Nc2cc(C)on2)c1)c1cccc(C)c1. The first-order chi connectivity index (χ1) is 13.0. The van der Waals surface area contributed by atoms with Crippen molar-refractivity contribution in [3.05, 3.63) is 71.2 Å². The van der Waals surface area contributed by atoms with Crippen LogP contribution in [-0.4, -0.2) is 28.5 Å². The quantitative estimate of drug-likeness (QED) is 0.747. The van der Waals surface area contributed by atoms with Crippen molar-refractivity contribution in [2.24, 2.45) is 0 Å². The number of nitrogens with one attached hydrogen (secondary N) is 1. The number of hydrogen-bond acceptors (Lipinski definition) is 5. The largest absolute Gasteiger partial charge is 0.360 e. The molecule has 7 heteroatoms. The minimum absolute atomic E-state index is 0.220. The van der Waals surface area contributed by atoms with Crippen molar-refractivity contribution in [1.29, 1.82) is 0 Å². The van der Waals surface area contributed by atoms with Gasteiger partial charge in [0.15, 0.2) is 5.82 Å². The molecule has 0 saturated carbocycles. The number of amides is 2. The number of carbonyl (C=O) groups excluding carboxylic acids is 2. The molecule has 0 spiro atoms. The summed E-state index contributed by atoms with van der Waals surface area (Å²) < 4.78 is 4.93. The number of pyridine rings is 1. The zero-order valence-corrected chi connectivity index (χ0v) is 15.4. The van der Waals surface area contributed by atoms with E-state index < -0.39 is 5.91 Å². The van der Waals surface area contributed by atoms with Gasteiger partial charge in [0, 0.05) is 30.7 Å². The van der Waals surface area contributed by atoms with E-state index in [-0.39, 0.29) is 11.5 Å². The standard InChI is InChI=1S/C20H20N4O3/c1-4-24(17-7-5-6-13(2)8-17)20(26)16-10-15(11-21-12-16)19(25)22-18-9-14(3)27-23-18/h5-12H,4H2,1-3H3,(H,22,23,25). The van der Waals surface area contributed by atoms with Crippen molar-refractivity contribution in [1.82, 2.24) is 10.1 Å². The van der Waals surface area contributed by atoms with Crippen LogP contribution in [0.4, 0.5) is 11.5 Å². The summed E-state index contributed by atoms with van der Waals surface area (Å²) in [4.78, 5) is 31.0. The van der Waals surface area contributed by atoms with Crippen LogP contribution in [0.5, 0.6) is 0 Å². The van der Waals surface area contributed by atoms with E-state index in [0.717, 1.165) is 11.3 Å². The maximum atomic E-state index is 13.0. The fourth-order valence-corrected chi connectivity index (χ4v) is 2.69. The van der Waals surface area contributed by atoms with Gasteiger partial charge >= 0.3 is 0 Å². The van der Waals surface area contributed by atoms with Crippen molar-refractivity contribution >= 4 is 23.3 Å². The fourth-order valence-electron chi connectivity index (χ4n) is 2.69. The van der Waals surface area contributed by atoms with Crippen LogP contribution in [0.2, 0.25) is 0 Å². The first-order valence-corrected chi connectivity index (χ1v) is 8.56. The molecule has 0 aliphatic heterocycles. The van der Waals surface area contributed by atoms with Gasteiger partial charge in [0.25, 0.3) is 11.8 Å². The molecule has 3 rings (SSSR count). The first-order valence-electron chi connectivity index (χ1n) is 8.56. The number of nitrogens with zero attached hydrogens (tertiary/aromatic N) is 3. The lowest BCUT2D eigenvalue weighted by atomic mass is 10.1. The highest BCUT2D eigenvalue weighted by atomic mass is 16.5. The van der Waals surface area contributed by atoms with Crippen LogP contribution in [-0.2, 0) is 0 Å². The van der Waals surface area contributed by atoms with E-state index in [4.69, 9.17) is 4.52 Å². The number of hydrogen-bond donors (Lipinski definition) is 1. The summed E-state index contributed by atoms with van der Waals surface area (Å²) in [6.07, 6.45) is 2.86. The maximum Gasteiger partial charge on any atom is 0.259 e. The van der Waals surface area contributed by atoms with Gasteiger partial charge in [-0.3, -0.25) is 14.6 Å². The number of aromatic nitrogens is 2. The Bertz CT molecular complexity index is 981. The van der Waals surface area contributed by atoms with Crippen LogP contribution in [0.25, 0.3) is 0 Å². The molecule has 0 fully saturated rings. The van der Waals surface area contributed by atoms with Crippen molar-refractivity contribution < 1.29 is 14.1 Å². The van der Waals surface area contributed by atoms with Crippen LogP contribution >= 0.6 is 0 Å². The van der Waals surface area contributed by atoms with E-state index in [9.17, 15) is 9.59 Å². The van der Waals surface area contributed by atoms with E-state index in [1.165, 1.54) is 18.5 Å². The highest BCUT2D eigenvalue weighted by molar-refractivity contribution is 6.09. The minimum atomic E-state index is -0.413. The van der Waals surface area contributed by atoms with E-state index in [0.29, 0.717) is 23.7 Å². The second-order valence-electron chi connectivity index (χ2n) is 6.13. The molecule has 3 aromatic rings. The summed E-state index contributed by atoms with van der Waals surface area (Å²) in [5.74, 6) is 0.264. The van der Waals surface area contributed by atoms with E-state index in [1.807, 2.05) is 38.1 Å². The Balaban J connectivity index is 1.83. The molecule has 2 amide bonds. The van der Waals surface area contributed by atoms with Gasteiger partial charge in [-0.1, -0.05) is 17.3 Å². The van der Waals surface area contributed by atoms with Gasteiger partial charge in [-0.2, -0.15) is 0 Å². The highest BCUT2D eigenvalue weighted by Crippen LogP contribution is 2.19. The van der Waals surface area contributed by atoms with Gasteiger partial charge < -0.3 is 14.7 Å². The molecule has 2 aromatic heterocycles. The summed E-state index contributed by atoms with van der Waals surface area (Å²) in [6, 6.07) is 10.8. The molecule has 0 radical (unpaired) electrons. The number of carbonyl (C=O) groups is 2. The predicted octanol–water partition coefficient (Wildman–Crippen LogP) is 3.61. The summed E-state index contributed by atoms with van der Waals surface area (Å²) in [7, 11) is 0. The van der Waals surface area contributed by atoms with Gasteiger partial charge in [0.1, 0.15) is 5.76 Å². The van der Waals surface area contributed by atoms with Crippen molar-refractivity contribution in [2.75, 3.05) is 16.8 Å². The predicted molar refractivity (Wildman–Crippen MR) is 102 cm³/mol. The molecule has 0 aliphatic rings. The van der Waals surface area contributed by atoms with E-state index in [1.54, 1.807) is 17.9 Å². The molecule has 7 nitrogen and oxygen atoms in total. The maximum absolute atomic E-state index is 13.0. The smallest absolute Gasteiger partial charge is 0.259 e. The Hall–Kier alpha value is -3.48. The number of rotatable bonds is 5. The third-order valence-electron chi connectivity index (χ3n) is 3.99. The second kappa shape index (κ2) is 7.82. The highest BCUT2D eigenvalue weighted by Gasteiger charge is 2.19. The van der Waals surface area contributed by atoms with Crippen molar-refractivity contribution in [2.45, 2.75) is 20.8 Å². The Morgan fingerprint density at radius 3 is 2.56 bits per heavy atom. The average Bonchev–Trinajstić information content (AvgIpc) is 3.07. The molecule has 0 saturated heterocycles. The molecule has 1 aromatic carbocycles. The fraction of sp³-hybridized carbons (Fsp3) is 0.200. The van der Waals surface area contributed by atoms with Gasteiger partial charge in [0.2, 0.25) is 0 Å². The molecule has 0 bridgehead atoms. The zero-order valence-electron chi connectivity index (χ0n) is 15.4. The number of aryl methyl sites for hydroxylation is 2. The summed E-state index contributed by atoms with van der Waals surface area (Å²) in [5, 5.41) is 6.34. The third kappa shape index (κ3) is 4.20. The summed E-state index contributed by atoms with van der Waals surface area (Å²) >= 11 is 0. The topological polar surface area (TPSA) is 88.3 Å².